The summed E-state index contributed by atoms with van der Waals surface area (Å²) in [6, 6.07) is 15.0. The molecule has 0 saturated heterocycles. The summed E-state index contributed by atoms with van der Waals surface area (Å²) in [5.41, 5.74) is 3.33. The van der Waals surface area contributed by atoms with Crippen molar-refractivity contribution < 1.29 is 23.5 Å². The zero-order valence-electron chi connectivity index (χ0n) is 18.9. The molecule has 0 spiro atoms. The first-order valence-electron chi connectivity index (χ1n) is 10.2. The van der Waals surface area contributed by atoms with Gasteiger partial charge < -0.3 is 13.9 Å². The molecule has 1 aromatic heterocycles. The minimum Gasteiger partial charge on any atom is -0.466 e. The number of carbonyl (C=O) groups excluding carboxylic acids is 2. The smallest absolute Gasteiger partial charge is 0.330 e. The Morgan fingerprint density at radius 1 is 0.697 bits per heavy atom. The molecule has 168 valence electrons. The Morgan fingerprint density at radius 3 is 1.39 bits per heavy atom. The van der Waals surface area contributed by atoms with Crippen molar-refractivity contribution in [3.05, 3.63) is 93.2 Å². The van der Waals surface area contributed by atoms with E-state index in [1.807, 2.05) is 62.4 Å². The molecule has 0 radical (unpaired) electrons. The van der Waals surface area contributed by atoms with Crippen LogP contribution < -0.4 is 5.43 Å². The third-order valence-electron chi connectivity index (χ3n) is 4.98. The number of aryl methyl sites for hydroxylation is 2. The molecular formula is C27H24O6. The number of methoxy groups -OCH3 is 2. The van der Waals surface area contributed by atoms with Gasteiger partial charge in [-0.05, 0) is 26.0 Å². The summed E-state index contributed by atoms with van der Waals surface area (Å²) in [5.74, 6) is -0.631. The maximum atomic E-state index is 13.6. The van der Waals surface area contributed by atoms with Crippen LogP contribution in [0.1, 0.15) is 22.3 Å². The minimum atomic E-state index is -0.612. The van der Waals surface area contributed by atoms with Crippen LogP contribution in [-0.2, 0) is 19.1 Å². The standard InChI is InChI=1S/C27H24O6/c1-17-5-9-19(10-6-17)26-21(13-15-23(28)31-3)25(30)22(14-16-24(29)32-4)27(33-26)20-11-7-18(2)8-12-20/h5-16H,1-4H3/b15-13+,16-14+. The second kappa shape index (κ2) is 10.4. The lowest BCUT2D eigenvalue weighted by atomic mass is 9.99. The van der Waals surface area contributed by atoms with Gasteiger partial charge >= 0.3 is 11.9 Å². The van der Waals surface area contributed by atoms with E-state index >= 15 is 0 Å². The van der Waals surface area contributed by atoms with Crippen LogP contribution in [0.2, 0.25) is 0 Å². The summed E-state index contributed by atoms with van der Waals surface area (Å²) in [6.45, 7) is 3.91. The van der Waals surface area contributed by atoms with Gasteiger partial charge in [0.25, 0.3) is 0 Å². The van der Waals surface area contributed by atoms with Gasteiger partial charge in [0.1, 0.15) is 11.5 Å². The molecule has 6 nitrogen and oxygen atoms in total. The van der Waals surface area contributed by atoms with Gasteiger partial charge in [0.2, 0.25) is 5.43 Å². The number of rotatable bonds is 6. The van der Waals surface area contributed by atoms with Crippen LogP contribution in [0.3, 0.4) is 0 Å². The molecule has 0 atom stereocenters. The van der Waals surface area contributed by atoms with Gasteiger partial charge in [0.05, 0.1) is 25.3 Å². The van der Waals surface area contributed by atoms with Gasteiger partial charge in [0.15, 0.2) is 0 Å². The molecule has 3 aromatic rings. The minimum absolute atomic E-state index is 0.157. The van der Waals surface area contributed by atoms with Crippen LogP contribution >= 0.6 is 0 Å². The third kappa shape index (κ3) is 5.54. The maximum Gasteiger partial charge on any atom is 0.330 e. The van der Waals surface area contributed by atoms with Gasteiger partial charge in [-0.3, -0.25) is 4.79 Å². The van der Waals surface area contributed by atoms with Crippen LogP contribution in [0, 0.1) is 13.8 Å². The average Bonchev–Trinajstić information content (AvgIpc) is 2.82. The third-order valence-corrected chi connectivity index (χ3v) is 4.98. The van der Waals surface area contributed by atoms with Gasteiger partial charge in [-0.15, -0.1) is 0 Å². The van der Waals surface area contributed by atoms with Gasteiger partial charge in [0, 0.05) is 23.3 Å². The van der Waals surface area contributed by atoms with Crippen molar-refractivity contribution in [2.45, 2.75) is 13.8 Å². The zero-order valence-corrected chi connectivity index (χ0v) is 18.9. The maximum absolute atomic E-state index is 13.6. The van der Waals surface area contributed by atoms with Gasteiger partial charge in [-0.2, -0.15) is 0 Å². The molecule has 0 bridgehead atoms. The summed E-state index contributed by atoms with van der Waals surface area (Å²) in [4.78, 5) is 37.1. The molecule has 6 heteroatoms. The zero-order chi connectivity index (χ0) is 24.0. The van der Waals surface area contributed by atoms with Gasteiger partial charge in [-0.25, -0.2) is 9.59 Å². The number of esters is 2. The summed E-state index contributed by atoms with van der Waals surface area (Å²) >= 11 is 0. The van der Waals surface area contributed by atoms with Crippen LogP contribution in [0.15, 0.2) is 69.9 Å². The molecule has 0 amide bonds. The largest absolute Gasteiger partial charge is 0.466 e. The first-order chi connectivity index (χ1) is 15.8. The van der Waals surface area contributed by atoms with E-state index in [1.54, 1.807) is 0 Å². The molecule has 33 heavy (non-hydrogen) atoms. The molecule has 0 unspecified atom stereocenters. The van der Waals surface area contributed by atoms with Crippen molar-refractivity contribution in [1.29, 1.82) is 0 Å². The predicted octanol–water partition coefficient (Wildman–Crippen LogP) is 4.96. The quantitative estimate of drug-likeness (QED) is 0.395. The lowest BCUT2D eigenvalue weighted by Crippen LogP contribution is -2.13. The van der Waals surface area contributed by atoms with E-state index < -0.39 is 17.4 Å². The van der Waals surface area contributed by atoms with E-state index in [2.05, 4.69) is 9.47 Å². The van der Waals surface area contributed by atoms with Crippen molar-refractivity contribution in [3.8, 4) is 22.6 Å². The SMILES string of the molecule is COC(=O)/C=C/c1c(-c2ccc(C)cc2)oc(-c2ccc(C)cc2)c(/C=C/C(=O)OC)c1=O. The molecule has 0 fully saturated rings. The van der Waals surface area contributed by atoms with Crippen molar-refractivity contribution in [2.75, 3.05) is 14.2 Å². The van der Waals surface area contributed by atoms with E-state index in [4.69, 9.17) is 4.42 Å². The fourth-order valence-corrected chi connectivity index (χ4v) is 3.14. The second-order valence-corrected chi connectivity index (χ2v) is 7.36. The van der Waals surface area contributed by atoms with E-state index in [1.165, 1.54) is 26.4 Å². The molecule has 0 N–H and O–H groups in total. The van der Waals surface area contributed by atoms with Crippen molar-refractivity contribution in [2.24, 2.45) is 0 Å². The Hall–Kier alpha value is -4.19. The monoisotopic (exact) mass is 444 g/mol. The Balaban J connectivity index is 2.36. The van der Waals surface area contributed by atoms with E-state index in [0.29, 0.717) is 22.6 Å². The highest BCUT2D eigenvalue weighted by atomic mass is 16.5. The fourth-order valence-electron chi connectivity index (χ4n) is 3.14. The highest BCUT2D eigenvalue weighted by molar-refractivity contribution is 5.91. The lowest BCUT2D eigenvalue weighted by molar-refractivity contribution is -0.135. The van der Waals surface area contributed by atoms with E-state index in [-0.39, 0.29) is 11.1 Å². The summed E-state index contributed by atoms with van der Waals surface area (Å²) in [5, 5.41) is 0. The molecule has 1 heterocycles. The first kappa shape index (κ1) is 23.5. The number of benzene rings is 2. The molecule has 0 aliphatic carbocycles. The summed E-state index contributed by atoms with van der Waals surface area (Å²) < 4.78 is 15.6. The van der Waals surface area contributed by atoms with Crippen LogP contribution in [0.5, 0.6) is 0 Å². The highest BCUT2D eigenvalue weighted by Crippen LogP contribution is 2.32. The van der Waals surface area contributed by atoms with Crippen molar-refractivity contribution in [1.82, 2.24) is 0 Å². The van der Waals surface area contributed by atoms with Crippen LogP contribution in [0.25, 0.3) is 34.8 Å². The number of hydrogen-bond acceptors (Lipinski definition) is 6. The van der Waals surface area contributed by atoms with Crippen molar-refractivity contribution in [3.63, 3.8) is 0 Å². The number of carbonyl (C=O) groups is 2. The Morgan fingerprint density at radius 2 is 1.06 bits per heavy atom. The Kier molecular flexibility index (Phi) is 7.41. The molecule has 0 saturated carbocycles. The highest BCUT2D eigenvalue weighted by Gasteiger charge is 2.19. The molecule has 0 aliphatic rings. The van der Waals surface area contributed by atoms with E-state index in [9.17, 15) is 14.4 Å². The number of ether oxygens (including phenoxy) is 2. The van der Waals surface area contributed by atoms with Crippen molar-refractivity contribution >= 4 is 24.1 Å². The summed E-state index contributed by atoms with van der Waals surface area (Å²) in [7, 11) is 2.50. The molecule has 3 rings (SSSR count). The molecule has 2 aromatic carbocycles. The first-order valence-corrected chi connectivity index (χ1v) is 10.2. The Labute approximate surface area is 191 Å². The average molecular weight is 444 g/mol. The topological polar surface area (TPSA) is 82.8 Å². The number of hydrogen-bond donors (Lipinski definition) is 0. The van der Waals surface area contributed by atoms with E-state index in [0.717, 1.165) is 23.3 Å². The summed E-state index contributed by atoms with van der Waals surface area (Å²) in [6.07, 6.45) is 5.04. The normalized spacial score (nSPS) is 11.2. The Bertz CT molecular complexity index is 1180. The van der Waals surface area contributed by atoms with Crippen LogP contribution in [0.4, 0.5) is 0 Å². The molecule has 0 aliphatic heterocycles. The van der Waals surface area contributed by atoms with Gasteiger partial charge in [-0.1, -0.05) is 59.7 Å². The predicted molar refractivity (Wildman–Crippen MR) is 127 cm³/mol. The molecular weight excluding hydrogens is 420 g/mol. The second-order valence-electron chi connectivity index (χ2n) is 7.36. The lowest BCUT2D eigenvalue weighted by Gasteiger charge is -2.12. The van der Waals surface area contributed by atoms with Crippen LogP contribution in [-0.4, -0.2) is 26.2 Å². The fraction of sp³-hybridized carbons (Fsp3) is 0.148.